The van der Waals surface area contributed by atoms with Crippen molar-refractivity contribution in [3.8, 4) is 16.9 Å². The predicted molar refractivity (Wildman–Crippen MR) is 109 cm³/mol. The van der Waals surface area contributed by atoms with Crippen LogP contribution >= 0.6 is 11.6 Å². The van der Waals surface area contributed by atoms with Crippen LogP contribution in [-0.4, -0.2) is 28.9 Å². The van der Waals surface area contributed by atoms with E-state index in [-0.39, 0.29) is 28.8 Å². The molecule has 1 amide bonds. The van der Waals surface area contributed by atoms with Gasteiger partial charge in [0.1, 0.15) is 17.2 Å². The molecule has 7 heteroatoms. The van der Waals surface area contributed by atoms with Crippen LogP contribution in [0.25, 0.3) is 11.1 Å². The summed E-state index contributed by atoms with van der Waals surface area (Å²) in [5.41, 5.74) is 4.12. The van der Waals surface area contributed by atoms with Crippen LogP contribution in [0.15, 0.2) is 60.7 Å². The third kappa shape index (κ3) is 3.39. The molecule has 0 unspecified atom stereocenters. The average molecular weight is 410 g/mol. The number of carboxylic acid groups (broad SMARTS) is 1. The number of fused-ring (bicyclic) bond motifs is 3. The average Bonchev–Trinajstić information content (AvgIpc) is 3.03. The normalized spacial score (nSPS) is 12.2. The Labute approximate surface area is 171 Å². The Balaban J connectivity index is 1.50. The molecule has 3 aromatic rings. The van der Waals surface area contributed by atoms with E-state index >= 15 is 0 Å². The number of rotatable bonds is 4. The maximum absolute atomic E-state index is 12.3. The Bertz CT molecular complexity index is 1080. The Morgan fingerprint density at radius 2 is 1.55 bits per heavy atom. The molecule has 0 atom stereocenters. The zero-order valence-electron chi connectivity index (χ0n) is 15.1. The Hall–Kier alpha value is -3.51. The molecule has 0 spiro atoms. The van der Waals surface area contributed by atoms with Crippen molar-refractivity contribution in [3.05, 3.63) is 82.4 Å². The van der Waals surface area contributed by atoms with Crippen molar-refractivity contribution in [3.63, 3.8) is 0 Å². The summed E-state index contributed by atoms with van der Waals surface area (Å²) in [6, 6.07) is 18.4. The van der Waals surface area contributed by atoms with Crippen molar-refractivity contribution in [1.82, 2.24) is 0 Å². The summed E-state index contributed by atoms with van der Waals surface area (Å²) in [5.74, 6) is -2.03. The van der Waals surface area contributed by atoms with Gasteiger partial charge in [0.25, 0.3) is 0 Å². The van der Waals surface area contributed by atoms with Gasteiger partial charge in [-0.15, -0.1) is 0 Å². The van der Waals surface area contributed by atoms with Crippen LogP contribution in [0.2, 0.25) is 5.02 Å². The van der Waals surface area contributed by atoms with Gasteiger partial charge in [-0.05, 0) is 34.4 Å². The number of nitrogens with one attached hydrogen (secondary N) is 1. The molecule has 3 aromatic carbocycles. The summed E-state index contributed by atoms with van der Waals surface area (Å²) in [6.45, 7) is 0.122. The molecule has 0 bridgehead atoms. The lowest BCUT2D eigenvalue weighted by atomic mass is 9.98. The highest BCUT2D eigenvalue weighted by atomic mass is 35.5. The molecule has 0 radical (unpaired) electrons. The summed E-state index contributed by atoms with van der Waals surface area (Å²) < 4.78 is 5.41. The van der Waals surface area contributed by atoms with Crippen molar-refractivity contribution in [2.45, 2.75) is 5.92 Å². The highest BCUT2D eigenvalue weighted by molar-refractivity contribution is 6.35. The van der Waals surface area contributed by atoms with Gasteiger partial charge < -0.3 is 14.9 Å². The lowest BCUT2D eigenvalue weighted by molar-refractivity contribution is 0.0693. The quantitative estimate of drug-likeness (QED) is 0.556. The van der Waals surface area contributed by atoms with Crippen LogP contribution in [0.5, 0.6) is 5.75 Å². The van der Waals surface area contributed by atoms with Gasteiger partial charge in [-0.25, -0.2) is 9.59 Å². The summed E-state index contributed by atoms with van der Waals surface area (Å²) in [4.78, 5) is 23.3. The van der Waals surface area contributed by atoms with E-state index < -0.39 is 17.8 Å². The van der Waals surface area contributed by atoms with Crippen molar-refractivity contribution in [2.24, 2.45) is 0 Å². The second kappa shape index (κ2) is 7.48. The van der Waals surface area contributed by atoms with E-state index in [1.54, 1.807) is 0 Å². The Kier molecular flexibility index (Phi) is 4.86. The van der Waals surface area contributed by atoms with Gasteiger partial charge in [0.05, 0.1) is 5.69 Å². The van der Waals surface area contributed by atoms with Gasteiger partial charge in [-0.1, -0.05) is 60.1 Å². The number of carbonyl (C=O) groups is 2. The minimum absolute atomic E-state index is 0.0615. The number of carboxylic acids is 1. The van der Waals surface area contributed by atoms with Gasteiger partial charge in [0, 0.05) is 5.92 Å². The number of benzene rings is 3. The summed E-state index contributed by atoms with van der Waals surface area (Å²) >= 11 is 5.96. The molecule has 0 aromatic heterocycles. The molecule has 0 fully saturated rings. The monoisotopic (exact) mass is 409 g/mol. The molecule has 146 valence electrons. The zero-order chi connectivity index (χ0) is 20.5. The maximum Gasteiger partial charge on any atom is 0.411 e. The zero-order valence-corrected chi connectivity index (χ0v) is 15.8. The first-order valence-electron chi connectivity index (χ1n) is 8.84. The smallest absolute Gasteiger partial charge is 0.411 e. The summed E-state index contributed by atoms with van der Waals surface area (Å²) in [6.07, 6.45) is -0.753. The van der Waals surface area contributed by atoms with Crippen molar-refractivity contribution < 1.29 is 24.5 Å². The number of aromatic hydroxyl groups is 1. The topological polar surface area (TPSA) is 95.9 Å². The fourth-order valence-electron chi connectivity index (χ4n) is 3.58. The molecular formula is C22H16ClNO5. The predicted octanol–water partition coefficient (Wildman–Crippen LogP) is 5.10. The van der Waals surface area contributed by atoms with Crippen molar-refractivity contribution in [1.29, 1.82) is 0 Å². The summed E-state index contributed by atoms with van der Waals surface area (Å²) in [7, 11) is 0. The van der Waals surface area contributed by atoms with Crippen LogP contribution in [0.1, 0.15) is 27.4 Å². The molecule has 3 N–H and O–H groups in total. The molecule has 1 aliphatic carbocycles. The lowest BCUT2D eigenvalue weighted by Crippen LogP contribution is -2.18. The Morgan fingerprint density at radius 1 is 0.966 bits per heavy atom. The van der Waals surface area contributed by atoms with Crippen LogP contribution in [-0.2, 0) is 4.74 Å². The number of ether oxygens (including phenoxy) is 1. The number of aromatic carboxylic acids is 1. The van der Waals surface area contributed by atoms with Gasteiger partial charge in [-0.2, -0.15) is 0 Å². The van der Waals surface area contributed by atoms with Gasteiger partial charge in [0.15, 0.2) is 5.75 Å². The number of amides is 1. The van der Waals surface area contributed by atoms with Gasteiger partial charge >= 0.3 is 12.1 Å². The van der Waals surface area contributed by atoms with E-state index in [0.717, 1.165) is 28.3 Å². The second-order valence-electron chi connectivity index (χ2n) is 6.58. The fraction of sp³-hybridized carbons (Fsp3) is 0.0909. The third-order valence-electron chi connectivity index (χ3n) is 4.93. The van der Waals surface area contributed by atoms with E-state index in [1.165, 1.54) is 6.07 Å². The highest BCUT2D eigenvalue weighted by Crippen LogP contribution is 2.44. The van der Waals surface area contributed by atoms with Crippen LogP contribution in [0, 0.1) is 0 Å². The minimum atomic E-state index is -1.32. The first-order chi connectivity index (χ1) is 14.0. The van der Waals surface area contributed by atoms with Crippen molar-refractivity contribution >= 4 is 29.4 Å². The lowest BCUT2D eigenvalue weighted by Gasteiger charge is -2.15. The molecular weight excluding hydrogens is 394 g/mol. The molecule has 6 nitrogen and oxygen atoms in total. The number of phenols is 1. The molecule has 0 saturated carbocycles. The molecule has 0 heterocycles. The maximum atomic E-state index is 12.3. The first kappa shape index (κ1) is 18.8. The molecule has 0 aliphatic heterocycles. The number of hydrogen-bond donors (Lipinski definition) is 3. The standard InChI is InChI=1S/C22H16ClNO5/c23-19-18(10-9-16(20(19)25)21(26)27)24-22(28)29-11-17-14-7-3-1-5-12(14)13-6-2-4-8-15(13)17/h1-10,17,25H,11H2,(H,24,28)(H,26,27). The van der Waals surface area contributed by atoms with Gasteiger partial charge in [0.2, 0.25) is 0 Å². The number of carbonyl (C=O) groups excluding carboxylic acids is 1. The molecule has 29 heavy (non-hydrogen) atoms. The molecule has 1 aliphatic rings. The van der Waals surface area contributed by atoms with Gasteiger partial charge in [-0.3, -0.25) is 5.32 Å². The van der Waals surface area contributed by atoms with Crippen LogP contribution in [0.3, 0.4) is 0 Å². The largest absolute Gasteiger partial charge is 0.505 e. The second-order valence-corrected chi connectivity index (χ2v) is 6.96. The molecule has 4 rings (SSSR count). The molecule has 0 saturated heterocycles. The van der Waals surface area contributed by atoms with Crippen molar-refractivity contribution in [2.75, 3.05) is 11.9 Å². The van der Waals surface area contributed by atoms with Crippen LogP contribution in [0.4, 0.5) is 10.5 Å². The fourth-order valence-corrected chi connectivity index (χ4v) is 3.79. The highest BCUT2D eigenvalue weighted by Gasteiger charge is 2.29. The SMILES string of the molecule is O=C(Nc1ccc(C(=O)O)c(O)c1Cl)OCC1c2ccccc2-c2ccccc21. The van der Waals surface area contributed by atoms with E-state index in [9.17, 15) is 14.7 Å². The number of hydrogen-bond acceptors (Lipinski definition) is 4. The number of halogens is 1. The number of anilines is 1. The van der Waals surface area contributed by atoms with E-state index in [2.05, 4.69) is 5.32 Å². The Morgan fingerprint density at radius 3 is 2.14 bits per heavy atom. The van der Waals surface area contributed by atoms with E-state index in [4.69, 9.17) is 21.4 Å². The minimum Gasteiger partial charge on any atom is -0.505 e. The van der Waals surface area contributed by atoms with Crippen LogP contribution < -0.4 is 5.32 Å². The first-order valence-corrected chi connectivity index (χ1v) is 9.22. The van der Waals surface area contributed by atoms with E-state index in [0.29, 0.717) is 0 Å². The van der Waals surface area contributed by atoms with E-state index in [1.807, 2.05) is 48.5 Å². The third-order valence-corrected chi connectivity index (χ3v) is 5.31. The summed E-state index contributed by atoms with van der Waals surface area (Å²) in [5, 5.41) is 21.1.